The van der Waals surface area contributed by atoms with Gasteiger partial charge in [-0.3, -0.25) is 4.79 Å². The number of benzene rings is 3. The molecule has 0 unspecified atom stereocenters. The lowest BCUT2D eigenvalue weighted by Gasteiger charge is -2.13. The van der Waals surface area contributed by atoms with Crippen LogP contribution >= 0.6 is 11.8 Å². The molecule has 6 heteroatoms. The van der Waals surface area contributed by atoms with E-state index >= 15 is 0 Å². The number of carbonyl (C=O) groups excluding carboxylic acids is 1. The van der Waals surface area contributed by atoms with Crippen molar-refractivity contribution in [3.05, 3.63) is 101 Å². The van der Waals surface area contributed by atoms with Crippen LogP contribution in [-0.2, 0) is 4.79 Å². The third kappa shape index (κ3) is 5.51. The summed E-state index contributed by atoms with van der Waals surface area (Å²) in [7, 11) is 0. The summed E-state index contributed by atoms with van der Waals surface area (Å²) < 4.78 is 13.5. The Kier molecular flexibility index (Phi) is 7.05. The van der Waals surface area contributed by atoms with Gasteiger partial charge in [0.25, 0.3) is 0 Å². The van der Waals surface area contributed by atoms with Crippen LogP contribution in [0.4, 0.5) is 10.1 Å². The van der Waals surface area contributed by atoms with Crippen molar-refractivity contribution < 1.29 is 9.18 Å². The summed E-state index contributed by atoms with van der Waals surface area (Å²) >= 11 is 1.21. The van der Waals surface area contributed by atoms with E-state index in [1.807, 2.05) is 68.4 Å². The van der Waals surface area contributed by atoms with Crippen LogP contribution in [-0.4, -0.2) is 16.6 Å². The van der Waals surface area contributed by atoms with Gasteiger partial charge in [0.15, 0.2) is 0 Å². The molecular formula is C28H22FN3OS. The maximum atomic E-state index is 13.5. The molecule has 1 heterocycles. The zero-order chi connectivity index (χ0) is 24.1. The molecule has 4 rings (SSSR count). The second kappa shape index (κ2) is 10.3. The number of nitrogens with one attached hydrogen (secondary N) is 1. The number of aromatic nitrogens is 1. The number of aryl methyl sites for hydroxylation is 2. The Morgan fingerprint density at radius 2 is 1.53 bits per heavy atom. The smallest absolute Gasteiger partial charge is 0.234 e. The Bertz CT molecular complexity index is 1360. The van der Waals surface area contributed by atoms with Crippen LogP contribution in [0.5, 0.6) is 0 Å². The number of nitriles is 1. The highest BCUT2D eigenvalue weighted by Crippen LogP contribution is 2.34. The quantitative estimate of drug-likeness (QED) is 0.318. The number of carbonyl (C=O) groups is 1. The predicted molar refractivity (Wildman–Crippen MR) is 135 cm³/mol. The Labute approximate surface area is 202 Å². The van der Waals surface area contributed by atoms with Gasteiger partial charge in [-0.05, 0) is 61.9 Å². The molecule has 0 aliphatic carbocycles. The summed E-state index contributed by atoms with van der Waals surface area (Å²) in [5, 5.41) is 13.3. The van der Waals surface area contributed by atoms with E-state index < -0.39 is 0 Å². The van der Waals surface area contributed by atoms with Crippen LogP contribution in [0.25, 0.3) is 22.4 Å². The van der Waals surface area contributed by atoms with Crippen molar-refractivity contribution in [2.75, 3.05) is 11.1 Å². The molecule has 0 spiro atoms. The van der Waals surface area contributed by atoms with Crippen molar-refractivity contribution in [1.82, 2.24) is 4.98 Å². The van der Waals surface area contributed by atoms with Crippen LogP contribution in [0.2, 0.25) is 0 Å². The number of anilines is 1. The molecule has 34 heavy (non-hydrogen) atoms. The maximum Gasteiger partial charge on any atom is 0.234 e. The molecule has 0 aliphatic rings. The predicted octanol–water partition coefficient (Wildman–Crippen LogP) is 6.77. The first kappa shape index (κ1) is 23.2. The summed E-state index contributed by atoms with van der Waals surface area (Å²) in [4.78, 5) is 17.2. The topological polar surface area (TPSA) is 65.8 Å². The van der Waals surface area contributed by atoms with Crippen LogP contribution in [0, 0.1) is 31.0 Å². The molecular weight excluding hydrogens is 445 g/mol. The molecule has 4 aromatic rings. The number of nitrogens with zero attached hydrogens (tertiary/aromatic N) is 2. The Hall–Kier alpha value is -3.95. The first-order valence-corrected chi connectivity index (χ1v) is 11.7. The molecule has 3 aromatic carbocycles. The van der Waals surface area contributed by atoms with Gasteiger partial charge in [0.05, 0.1) is 17.0 Å². The van der Waals surface area contributed by atoms with E-state index in [-0.39, 0.29) is 17.5 Å². The molecule has 0 bridgehead atoms. The summed E-state index contributed by atoms with van der Waals surface area (Å²) in [6.45, 7) is 3.98. The van der Waals surface area contributed by atoms with Crippen LogP contribution in [0.1, 0.15) is 16.7 Å². The van der Waals surface area contributed by atoms with Gasteiger partial charge in [0.1, 0.15) is 16.9 Å². The van der Waals surface area contributed by atoms with Gasteiger partial charge in [0.2, 0.25) is 5.91 Å². The molecule has 0 saturated carbocycles. The van der Waals surface area contributed by atoms with Crippen molar-refractivity contribution in [3.8, 4) is 28.5 Å². The summed E-state index contributed by atoms with van der Waals surface area (Å²) in [5.74, 6) is -0.433. The Morgan fingerprint density at radius 3 is 2.15 bits per heavy atom. The highest BCUT2D eigenvalue weighted by molar-refractivity contribution is 8.00. The molecule has 1 aromatic heterocycles. The van der Waals surface area contributed by atoms with Crippen molar-refractivity contribution in [1.29, 1.82) is 5.26 Å². The molecule has 4 nitrogen and oxygen atoms in total. The fraction of sp³-hybridized carbons (Fsp3) is 0.107. The minimum atomic E-state index is -0.335. The highest BCUT2D eigenvalue weighted by atomic mass is 32.2. The molecule has 0 saturated heterocycles. The van der Waals surface area contributed by atoms with E-state index in [1.165, 1.54) is 23.9 Å². The summed E-state index contributed by atoms with van der Waals surface area (Å²) in [5.41, 5.74) is 6.26. The lowest BCUT2D eigenvalue weighted by molar-refractivity contribution is -0.113. The van der Waals surface area contributed by atoms with Gasteiger partial charge in [-0.2, -0.15) is 5.26 Å². The number of pyridine rings is 1. The molecule has 1 amide bonds. The lowest BCUT2D eigenvalue weighted by atomic mass is 9.98. The fourth-order valence-corrected chi connectivity index (χ4v) is 4.23. The SMILES string of the molecule is Cc1ccc(NC(=O)CSc2nc(-c3ccc(F)cc3)cc(-c3ccc(C)cc3)c2C#N)cc1. The van der Waals surface area contributed by atoms with Gasteiger partial charge in [-0.25, -0.2) is 9.37 Å². The van der Waals surface area contributed by atoms with E-state index in [2.05, 4.69) is 16.4 Å². The van der Waals surface area contributed by atoms with Crippen LogP contribution in [0.3, 0.4) is 0 Å². The van der Waals surface area contributed by atoms with Crippen molar-refractivity contribution in [2.45, 2.75) is 18.9 Å². The number of halogens is 1. The second-order valence-electron chi connectivity index (χ2n) is 7.92. The lowest BCUT2D eigenvalue weighted by Crippen LogP contribution is -2.14. The first-order chi connectivity index (χ1) is 16.4. The molecule has 0 aliphatic heterocycles. The van der Waals surface area contributed by atoms with Gasteiger partial charge in [-0.1, -0.05) is 59.3 Å². The van der Waals surface area contributed by atoms with Crippen molar-refractivity contribution in [3.63, 3.8) is 0 Å². The zero-order valence-corrected chi connectivity index (χ0v) is 19.6. The number of thioether (sulfide) groups is 1. The van der Waals surface area contributed by atoms with Crippen molar-refractivity contribution in [2.24, 2.45) is 0 Å². The Balaban J connectivity index is 1.68. The van der Waals surface area contributed by atoms with E-state index in [0.717, 1.165) is 27.8 Å². The summed E-state index contributed by atoms with van der Waals surface area (Å²) in [6, 6.07) is 25.6. The number of amides is 1. The average Bonchev–Trinajstić information content (AvgIpc) is 2.84. The van der Waals surface area contributed by atoms with Crippen LogP contribution in [0.15, 0.2) is 83.9 Å². The minimum absolute atomic E-state index is 0.0930. The zero-order valence-electron chi connectivity index (χ0n) is 18.8. The normalized spacial score (nSPS) is 10.5. The summed E-state index contributed by atoms with van der Waals surface area (Å²) in [6.07, 6.45) is 0. The van der Waals surface area contributed by atoms with E-state index in [1.54, 1.807) is 12.1 Å². The monoisotopic (exact) mass is 467 g/mol. The third-order valence-corrected chi connectivity index (χ3v) is 6.25. The van der Waals surface area contributed by atoms with E-state index in [9.17, 15) is 14.4 Å². The standard InChI is InChI=1S/C28H22FN3OS/c1-18-3-7-20(8-4-18)24-15-26(21-9-11-22(29)12-10-21)32-28(25(24)16-30)34-17-27(33)31-23-13-5-19(2)6-14-23/h3-15H,17H2,1-2H3,(H,31,33). The number of hydrogen-bond donors (Lipinski definition) is 1. The van der Waals surface area contributed by atoms with E-state index in [4.69, 9.17) is 0 Å². The maximum absolute atomic E-state index is 13.5. The molecule has 0 atom stereocenters. The largest absolute Gasteiger partial charge is 0.325 e. The highest BCUT2D eigenvalue weighted by Gasteiger charge is 2.17. The van der Waals surface area contributed by atoms with Gasteiger partial charge >= 0.3 is 0 Å². The number of hydrogen-bond acceptors (Lipinski definition) is 4. The number of rotatable bonds is 6. The first-order valence-electron chi connectivity index (χ1n) is 10.7. The van der Waals surface area contributed by atoms with E-state index in [0.29, 0.717) is 22.0 Å². The van der Waals surface area contributed by atoms with Gasteiger partial charge in [-0.15, -0.1) is 0 Å². The molecule has 0 fully saturated rings. The molecule has 1 N–H and O–H groups in total. The third-order valence-electron chi connectivity index (χ3n) is 5.28. The fourth-order valence-electron chi connectivity index (χ4n) is 3.43. The van der Waals surface area contributed by atoms with Gasteiger partial charge < -0.3 is 5.32 Å². The Morgan fingerprint density at radius 1 is 0.941 bits per heavy atom. The van der Waals surface area contributed by atoms with Crippen LogP contribution < -0.4 is 5.32 Å². The van der Waals surface area contributed by atoms with Gasteiger partial charge in [0, 0.05) is 16.8 Å². The molecule has 0 radical (unpaired) electrons. The minimum Gasteiger partial charge on any atom is -0.325 e. The average molecular weight is 468 g/mol. The second-order valence-corrected chi connectivity index (χ2v) is 8.89. The van der Waals surface area contributed by atoms with Crippen molar-refractivity contribution >= 4 is 23.4 Å². The molecule has 168 valence electrons.